The first-order chi connectivity index (χ1) is 17.4. The van der Waals surface area contributed by atoms with Crippen LogP contribution in [0.15, 0.2) is 48.5 Å². The van der Waals surface area contributed by atoms with E-state index in [0.717, 1.165) is 69.2 Å². The molecule has 3 heterocycles. The van der Waals surface area contributed by atoms with E-state index in [0.29, 0.717) is 16.8 Å². The first-order valence-corrected chi connectivity index (χ1v) is 12.9. The number of fused-ring (bicyclic) bond motifs is 1. The number of likely N-dealkylation sites (tertiary alicyclic amines) is 2. The number of H-pyrrole nitrogens is 1. The molecule has 2 fully saturated rings. The number of carbonyl (C=O) groups is 3. The van der Waals surface area contributed by atoms with Gasteiger partial charge < -0.3 is 14.8 Å². The maximum Gasteiger partial charge on any atom is 0.270 e. The molecule has 1 N–H and O–H groups in total. The fraction of sp³-hybridized carbons (Fsp3) is 0.414. The average Bonchev–Trinajstić information content (AvgIpc) is 3.54. The lowest BCUT2D eigenvalue weighted by molar-refractivity contribution is 0.0700. The second-order valence-electron chi connectivity index (χ2n) is 10.1. The highest BCUT2D eigenvalue weighted by Crippen LogP contribution is 2.27. The van der Waals surface area contributed by atoms with E-state index in [4.69, 9.17) is 0 Å². The summed E-state index contributed by atoms with van der Waals surface area (Å²) in [5.41, 5.74) is 2.59. The summed E-state index contributed by atoms with van der Waals surface area (Å²) in [4.78, 5) is 45.4. The Hall–Kier alpha value is -3.32. The number of halogens is 1. The Morgan fingerprint density at radius 3 is 2.39 bits per heavy atom. The molecule has 1 atom stereocenters. The van der Waals surface area contributed by atoms with Gasteiger partial charge in [0.25, 0.3) is 5.91 Å². The number of ketones is 2. The molecule has 188 valence electrons. The van der Waals surface area contributed by atoms with E-state index in [1.165, 1.54) is 19.1 Å². The molecule has 2 aliphatic heterocycles. The SMILES string of the molecule is CC(=O)c1ccc2cc(C(=O)N3CCCC3CCN3CCC(C(=O)c4ccc(F)cc4)CC3)[nH]c2c1. The van der Waals surface area contributed by atoms with Gasteiger partial charge in [0.1, 0.15) is 11.5 Å². The Morgan fingerprint density at radius 1 is 0.944 bits per heavy atom. The number of aromatic nitrogens is 1. The van der Waals surface area contributed by atoms with E-state index >= 15 is 0 Å². The van der Waals surface area contributed by atoms with Crippen LogP contribution in [0, 0.1) is 11.7 Å². The average molecular weight is 490 g/mol. The molecule has 0 spiro atoms. The van der Waals surface area contributed by atoms with Crippen molar-refractivity contribution in [2.24, 2.45) is 5.92 Å². The molecular formula is C29H32FN3O3. The number of carbonyl (C=O) groups excluding carboxylic acids is 3. The number of nitrogens with zero attached hydrogens (tertiary/aromatic N) is 2. The van der Waals surface area contributed by atoms with Crippen LogP contribution in [0.3, 0.4) is 0 Å². The van der Waals surface area contributed by atoms with Gasteiger partial charge in [0.15, 0.2) is 11.6 Å². The highest BCUT2D eigenvalue weighted by Gasteiger charge is 2.31. The Labute approximate surface area is 210 Å². The van der Waals surface area contributed by atoms with Gasteiger partial charge >= 0.3 is 0 Å². The Morgan fingerprint density at radius 2 is 1.67 bits per heavy atom. The van der Waals surface area contributed by atoms with Crippen molar-refractivity contribution in [2.75, 3.05) is 26.2 Å². The minimum Gasteiger partial charge on any atom is -0.351 e. The Kier molecular flexibility index (Phi) is 7.01. The van der Waals surface area contributed by atoms with Crippen molar-refractivity contribution in [3.63, 3.8) is 0 Å². The van der Waals surface area contributed by atoms with E-state index in [2.05, 4.69) is 9.88 Å². The Bertz CT molecular complexity index is 1270. The third kappa shape index (κ3) is 5.12. The van der Waals surface area contributed by atoms with E-state index in [9.17, 15) is 18.8 Å². The van der Waals surface area contributed by atoms with Gasteiger partial charge in [0, 0.05) is 47.1 Å². The summed E-state index contributed by atoms with van der Waals surface area (Å²) in [6.07, 6.45) is 4.53. The Balaban J connectivity index is 1.15. The van der Waals surface area contributed by atoms with Crippen molar-refractivity contribution in [2.45, 2.75) is 45.1 Å². The predicted molar refractivity (Wildman–Crippen MR) is 137 cm³/mol. The summed E-state index contributed by atoms with van der Waals surface area (Å²) in [6.45, 7) is 4.92. The van der Waals surface area contributed by atoms with Crippen LogP contribution in [0.1, 0.15) is 70.2 Å². The number of benzene rings is 2. The second kappa shape index (κ2) is 10.3. The minimum atomic E-state index is -0.326. The van der Waals surface area contributed by atoms with Gasteiger partial charge in [-0.1, -0.05) is 12.1 Å². The zero-order valence-corrected chi connectivity index (χ0v) is 20.6. The summed E-state index contributed by atoms with van der Waals surface area (Å²) in [5.74, 6) is -0.213. The monoisotopic (exact) mass is 489 g/mol. The van der Waals surface area contributed by atoms with Crippen molar-refractivity contribution in [1.82, 2.24) is 14.8 Å². The fourth-order valence-electron chi connectivity index (χ4n) is 5.62. The largest absolute Gasteiger partial charge is 0.351 e. The predicted octanol–water partition coefficient (Wildman–Crippen LogP) is 5.10. The molecule has 2 saturated heterocycles. The first kappa shape index (κ1) is 24.4. The van der Waals surface area contributed by atoms with Crippen LogP contribution in [0.2, 0.25) is 0 Å². The maximum atomic E-state index is 13.3. The minimum absolute atomic E-state index is 0.00263. The van der Waals surface area contributed by atoms with Crippen molar-refractivity contribution in [3.8, 4) is 0 Å². The molecular weight excluding hydrogens is 457 g/mol. The molecule has 5 rings (SSSR count). The zero-order valence-electron chi connectivity index (χ0n) is 20.6. The van der Waals surface area contributed by atoms with Crippen molar-refractivity contribution in [3.05, 3.63) is 71.2 Å². The number of hydrogen-bond donors (Lipinski definition) is 1. The molecule has 2 aliphatic rings. The topological polar surface area (TPSA) is 73.5 Å². The summed E-state index contributed by atoms with van der Waals surface area (Å²) in [7, 11) is 0. The third-order valence-corrected chi connectivity index (χ3v) is 7.76. The zero-order chi connectivity index (χ0) is 25.2. The molecule has 1 unspecified atom stereocenters. The molecule has 36 heavy (non-hydrogen) atoms. The van der Waals surface area contributed by atoms with Crippen molar-refractivity contribution < 1.29 is 18.8 Å². The standard InChI is InChI=1S/C29H32FN3O3/c1-19(34)22-4-5-23-18-27(31-26(23)17-22)29(36)33-13-2-3-25(33)12-16-32-14-10-21(11-15-32)28(35)20-6-8-24(30)9-7-20/h4-9,17-18,21,25,31H,2-3,10-16H2,1H3. The fourth-order valence-corrected chi connectivity index (χ4v) is 5.62. The van der Waals surface area contributed by atoms with Gasteiger partial charge in [-0.05, 0) is 88.5 Å². The summed E-state index contributed by atoms with van der Waals surface area (Å²) < 4.78 is 13.2. The van der Waals surface area contributed by atoms with Gasteiger partial charge in [-0.3, -0.25) is 14.4 Å². The van der Waals surface area contributed by atoms with Gasteiger partial charge in [-0.2, -0.15) is 0 Å². The third-order valence-electron chi connectivity index (χ3n) is 7.76. The highest BCUT2D eigenvalue weighted by molar-refractivity contribution is 6.01. The number of amides is 1. The van der Waals surface area contributed by atoms with Gasteiger partial charge in [0.2, 0.25) is 0 Å². The molecule has 1 aromatic heterocycles. The van der Waals surface area contributed by atoms with Crippen LogP contribution in [-0.2, 0) is 0 Å². The van der Waals surface area contributed by atoms with Crippen LogP contribution in [-0.4, -0.2) is 64.5 Å². The number of piperidine rings is 1. The molecule has 6 nitrogen and oxygen atoms in total. The molecule has 0 radical (unpaired) electrons. The number of hydrogen-bond acceptors (Lipinski definition) is 4. The molecule has 0 bridgehead atoms. The number of aromatic amines is 1. The maximum absolute atomic E-state index is 13.3. The molecule has 3 aromatic rings. The van der Waals surface area contributed by atoms with Gasteiger partial charge in [-0.15, -0.1) is 0 Å². The van der Waals surface area contributed by atoms with Crippen LogP contribution in [0.25, 0.3) is 10.9 Å². The lowest BCUT2D eigenvalue weighted by atomic mass is 9.88. The summed E-state index contributed by atoms with van der Waals surface area (Å²) in [6, 6.07) is 13.4. The molecule has 7 heteroatoms. The lowest BCUT2D eigenvalue weighted by Crippen LogP contribution is -2.41. The van der Waals surface area contributed by atoms with Crippen LogP contribution < -0.4 is 0 Å². The number of nitrogens with one attached hydrogen (secondary N) is 1. The number of Topliss-reactive ketones (excluding diaryl/α,β-unsaturated/α-hetero) is 2. The van der Waals surface area contributed by atoms with Crippen molar-refractivity contribution >= 4 is 28.4 Å². The van der Waals surface area contributed by atoms with Crippen LogP contribution in [0.5, 0.6) is 0 Å². The normalized spacial score (nSPS) is 19.2. The molecule has 1 amide bonds. The number of rotatable bonds is 7. The molecule has 0 aliphatic carbocycles. The van der Waals surface area contributed by atoms with E-state index in [1.54, 1.807) is 24.3 Å². The van der Waals surface area contributed by atoms with Crippen LogP contribution in [0.4, 0.5) is 4.39 Å². The smallest absolute Gasteiger partial charge is 0.270 e. The highest BCUT2D eigenvalue weighted by atomic mass is 19.1. The van der Waals surface area contributed by atoms with Gasteiger partial charge in [-0.25, -0.2) is 4.39 Å². The molecule has 0 saturated carbocycles. The van der Waals surface area contributed by atoms with Crippen LogP contribution >= 0.6 is 0 Å². The molecule has 2 aromatic carbocycles. The van der Waals surface area contributed by atoms with E-state index in [1.807, 2.05) is 17.0 Å². The van der Waals surface area contributed by atoms with E-state index < -0.39 is 0 Å². The van der Waals surface area contributed by atoms with E-state index in [-0.39, 0.29) is 35.3 Å². The summed E-state index contributed by atoms with van der Waals surface area (Å²) >= 11 is 0. The lowest BCUT2D eigenvalue weighted by Gasteiger charge is -2.33. The van der Waals surface area contributed by atoms with Crippen molar-refractivity contribution in [1.29, 1.82) is 0 Å². The first-order valence-electron chi connectivity index (χ1n) is 12.9. The quantitative estimate of drug-likeness (QED) is 0.469. The van der Waals surface area contributed by atoms with Gasteiger partial charge in [0.05, 0.1) is 0 Å². The second-order valence-corrected chi connectivity index (χ2v) is 10.1. The summed E-state index contributed by atoms with van der Waals surface area (Å²) in [5, 5.41) is 0.928.